The number of benzene rings is 2. The Bertz CT molecular complexity index is 1210. The second-order valence-corrected chi connectivity index (χ2v) is 10.4. The minimum atomic E-state index is -0.831. The van der Waals surface area contributed by atoms with E-state index in [2.05, 4.69) is 36.4 Å². The zero-order chi connectivity index (χ0) is 26.0. The smallest absolute Gasteiger partial charge is 0.317 e. The van der Waals surface area contributed by atoms with Crippen molar-refractivity contribution in [3.8, 4) is 5.75 Å². The molecule has 4 rings (SSSR count). The molecule has 2 aromatic rings. The molecule has 190 valence electrons. The van der Waals surface area contributed by atoms with Crippen LogP contribution in [0.4, 0.5) is 11.4 Å². The van der Waals surface area contributed by atoms with Crippen LogP contribution in [0, 0.1) is 0 Å². The van der Waals surface area contributed by atoms with E-state index in [1.807, 2.05) is 41.3 Å². The van der Waals surface area contributed by atoms with Crippen molar-refractivity contribution in [2.45, 2.75) is 51.9 Å². The number of para-hydroxylation sites is 1. The Balaban J connectivity index is 1.46. The van der Waals surface area contributed by atoms with Crippen molar-refractivity contribution in [2.24, 2.45) is 10.2 Å². The highest BCUT2D eigenvalue weighted by molar-refractivity contribution is 6.71. The number of hydrogen-bond donors (Lipinski definition) is 3. The molecule has 1 fully saturated rings. The fourth-order valence-corrected chi connectivity index (χ4v) is 4.59. The Kier molecular flexibility index (Phi) is 7.12. The van der Waals surface area contributed by atoms with Gasteiger partial charge in [-0.25, -0.2) is 0 Å². The van der Waals surface area contributed by atoms with Gasteiger partial charge in [-0.15, -0.1) is 0 Å². The second kappa shape index (κ2) is 10.1. The molecule has 0 aromatic heterocycles. The molecule has 3 N–H and O–H groups in total. The normalized spacial score (nSPS) is 18.6. The lowest BCUT2D eigenvalue weighted by Crippen LogP contribution is -2.36. The van der Waals surface area contributed by atoms with Gasteiger partial charge in [0.2, 0.25) is 0 Å². The first-order chi connectivity index (χ1) is 17.0. The number of rotatable bonds is 6. The number of anilines is 2. The Hall–Kier alpha value is -3.72. The van der Waals surface area contributed by atoms with Gasteiger partial charge < -0.3 is 10.2 Å². The largest absolute Gasteiger partial charge is 0.505 e. The summed E-state index contributed by atoms with van der Waals surface area (Å²) in [6.45, 7) is 9.48. The van der Waals surface area contributed by atoms with Gasteiger partial charge in [-0.05, 0) is 73.5 Å². The van der Waals surface area contributed by atoms with Crippen LogP contribution in [0.1, 0.15) is 57.6 Å². The number of phenolic OH excluding ortho intramolecular Hbond substituents is 1. The minimum absolute atomic E-state index is 0.00922. The molecular weight excluding hydrogens is 458 g/mol. The van der Waals surface area contributed by atoms with Crippen LogP contribution in [-0.2, 0) is 15.0 Å². The molecule has 1 amide bonds. The first kappa shape index (κ1) is 25.4. The number of nitrogens with zero attached hydrogens (tertiary/aromatic N) is 4. The van der Waals surface area contributed by atoms with Crippen LogP contribution in [0.15, 0.2) is 52.7 Å². The summed E-state index contributed by atoms with van der Waals surface area (Å²) in [5.41, 5.74) is 6.55. The number of piperidine rings is 1. The molecule has 2 aromatic carbocycles. The van der Waals surface area contributed by atoms with E-state index in [1.54, 1.807) is 13.0 Å². The van der Waals surface area contributed by atoms with Gasteiger partial charge in [0.1, 0.15) is 5.75 Å². The van der Waals surface area contributed by atoms with Crippen molar-refractivity contribution in [1.29, 1.82) is 0 Å². The number of amides is 1. The molecular formula is C27H33N5O4. The summed E-state index contributed by atoms with van der Waals surface area (Å²) in [6.07, 6.45) is 1.51. The van der Waals surface area contributed by atoms with E-state index in [0.29, 0.717) is 30.2 Å². The number of carboxylic acids is 1. The Morgan fingerprint density at radius 3 is 2.42 bits per heavy atom. The van der Waals surface area contributed by atoms with E-state index in [-0.39, 0.29) is 35.2 Å². The summed E-state index contributed by atoms with van der Waals surface area (Å²) in [6, 6.07) is 13.2. The zero-order valence-corrected chi connectivity index (χ0v) is 21.2. The fraction of sp³-hybridized carbons (Fsp3) is 0.407. The molecule has 1 saturated heterocycles. The SMILES string of the molecule is CC1=NN(c2ccc(C(C)(C)C)cc2)C(=O)C1=NNc1cccc(C2CCN(CC(=O)O)CC2)c1O. The van der Waals surface area contributed by atoms with Gasteiger partial charge in [-0.3, -0.25) is 19.9 Å². The van der Waals surface area contributed by atoms with E-state index in [4.69, 9.17) is 5.11 Å². The van der Waals surface area contributed by atoms with E-state index in [9.17, 15) is 14.7 Å². The van der Waals surface area contributed by atoms with Crippen LogP contribution in [0.3, 0.4) is 0 Å². The quantitative estimate of drug-likeness (QED) is 0.413. The lowest BCUT2D eigenvalue weighted by atomic mass is 9.87. The highest BCUT2D eigenvalue weighted by Gasteiger charge is 2.31. The third kappa shape index (κ3) is 5.41. The molecule has 0 unspecified atom stereocenters. The van der Waals surface area contributed by atoms with Gasteiger partial charge in [-0.2, -0.15) is 15.2 Å². The molecule has 9 heteroatoms. The lowest BCUT2D eigenvalue weighted by molar-refractivity contribution is -0.138. The topological polar surface area (TPSA) is 118 Å². The van der Waals surface area contributed by atoms with Crippen molar-refractivity contribution < 1.29 is 19.8 Å². The molecule has 9 nitrogen and oxygen atoms in total. The summed E-state index contributed by atoms with van der Waals surface area (Å²) in [5.74, 6) is -0.965. The monoisotopic (exact) mass is 491 g/mol. The predicted molar refractivity (Wildman–Crippen MR) is 141 cm³/mol. The number of carboxylic acid groups (broad SMARTS) is 1. The Labute approximate surface area is 211 Å². The molecule has 2 aliphatic heterocycles. The Morgan fingerprint density at radius 1 is 1.14 bits per heavy atom. The molecule has 0 bridgehead atoms. The molecule has 0 radical (unpaired) electrons. The number of aromatic hydroxyl groups is 1. The van der Waals surface area contributed by atoms with Crippen LogP contribution in [-0.4, -0.2) is 58.0 Å². The van der Waals surface area contributed by atoms with Crippen molar-refractivity contribution in [1.82, 2.24) is 4.90 Å². The predicted octanol–water partition coefficient (Wildman–Crippen LogP) is 4.14. The minimum Gasteiger partial charge on any atom is -0.505 e. The van der Waals surface area contributed by atoms with Gasteiger partial charge in [0.25, 0.3) is 0 Å². The van der Waals surface area contributed by atoms with Crippen LogP contribution < -0.4 is 10.4 Å². The van der Waals surface area contributed by atoms with Gasteiger partial charge in [-0.1, -0.05) is 45.0 Å². The third-order valence-electron chi connectivity index (χ3n) is 6.71. The number of hydrogen-bond acceptors (Lipinski definition) is 7. The van der Waals surface area contributed by atoms with Gasteiger partial charge in [0, 0.05) is 0 Å². The standard InChI is InChI=1S/C27H33N5O4/c1-17-24(26(36)32(30-17)20-10-8-19(9-11-20)27(2,3)4)29-28-22-7-5-6-21(25(22)35)18-12-14-31(15-13-18)16-23(33)34/h5-11,18,28,35H,12-16H2,1-4H3,(H,33,34). The molecule has 0 atom stereocenters. The van der Waals surface area contributed by atoms with Gasteiger partial charge >= 0.3 is 11.9 Å². The summed E-state index contributed by atoms with van der Waals surface area (Å²) in [7, 11) is 0. The molecule has 2 heterocycles. The van der Waals surface area contributed by atoms with Gasteiger partial charge in [0.15, 0.2) is 5.71 Å². The average molecular weight is 492 g/mol. The van der Waals surface area contributed by atoms with Crippen LogP contribution in [0.2, 0.25) is 0 Å². The summed E-state index contributed by atoms with van der Waals surface area (Å²) >= 11 is 0. The van der Waals surface area contributed by atoms with E-state index in [0.717, 1.165) is 24.0 Å². The molecule has 0 saturated carbocycles. The highest BCUT2D eigenvalue weighted by Crippen LogP contribution is 2.38. The number of aliphatic carboxylic acids is 1. The molecule has 2 aliphatic rings. The van der Waals surface area contributed by atoms with Crippen LogP contribution in [0.25, 0.3) is 0 Å². The highest BCUT2D eigenvalue weighted by atomic mass is 16.4. The van der Waals surface area contributed by atoms with Crippen molar-refractivity contribution >= 4 is 34.7 Å². The molecule has 0 aliphatic carbocycles. The molecule has 36 heavy (non-hydrogen) atoms. The maximum absolute atomic E-state index is 13.1. The van der Waals surface area contributed by atoms with Crippen LogP contribution in [0.5, 0.6) is 5.75 Å². The number of carbonyl (C=O) groups is 2. The number of phenols is 1. The zero-order valence-electron chi connectivity index (χ0n) is 21.2. The van der Waals surface area contributed by atoms with E-state index < -0.39 is 5.97 Å². The van der Waals surface area contributed by atoms with Crippen molar-refractivity contribution in [3.63, 3.8) is 0 Å². The van der Waals surface area contributed by atoms with E-state index in [1.165, 1.54) is 5.01 Å². The number of likely N-dealkylation sites (tertiary alicyclic amines) is 1. The summed E-state index contributed by atoms with van der Waals surface area (Å²) in [4.78, 5) is 25.9. The maximum atomic E-state index is 13.1. The van der Waals surface area contributed by atoms with Crippen molar-refractivity contribution in [3.05, 3.63) is 53.6 Å². The lowest BCUT2D eigenvalue weighted by Gasteiger charge is -2.31. The van der Waals surface area contributed by atoms with Crippen molar-refractivity contribution in [2.75, 3.05) is 30.1 Å². The number of hydrazone groups is 2. The maximum Gasteiger partial charge on any atom is 0.317 e. The summed E-state index contributed by atoms with van der Waals surface area (Å²) in [5, 5.41) is 29.9. The number of carbonyl (C=O) groups excluding carboxylic acids is 1. The second-order valence-electron chi connectivity index (χ2n) is 10.4. The number of nitrogens with one attached hydrogen (secondary N) is 1. The molecule has 0 spiro atoms. The fourth-order valence-electron chi connectivity index (χ4n) is 4.59. The van der Waals surface area contributed by atoms with E-state index >= 15 is 0 Å². The van der Waals surface area contributed by atoms with Crippen LogP contribution >= 0.6 is 0 Å². The third-order valence-corrected chi connectivity index (χ3v) is 6.71. The average Bonchev–Trinajstić information content (AvgIpc) is 3.11. The first-order valence-corrected chi connectivity index (χ1v) is 12.1. The summed E-state index contributed by atoms with van der Waals surface area (Å²) < 4.78 is 0. The Morgan fingerprint density at radius 2 is 1.81 bits per heavy atom. The first-order valence-electron chi connectivity index (χ1n) is 12.1. The van der Waals surface area contributed by atoms with Gasteiger partial charge in [0.05, 0.1) is 23.6 Å².